The molecule has 1 aliphatic rings. The van der Waals surface area contributed by atoms with Gasteiger partial charge in [-0.2, -0.15) is 10.2 Å². The number of aromatic nitrogens is 7. The van der Waals surface area contributed by atoms with Crippen LogP contribution in [0.3, 0.4) is 0 Å². The van der Waals surface area contributed by atoms with Crippen molar-refractivity contribution in [2.75, 3.05) is 18.0 Å². The highest BCUT2D eigenvalue weighted by atomic mass is 15.2. The number of aromatic amines is 2. The standard InChI is InChI=1S/C22H22N8/c1-29-13-14(12-24-29)16-5-6-17-20(25-16)21(28-27-17)18-11-15-19(7-8-23-22(15)26-18)30-9-3-2-4-10-30/h5-8,11-13H,2-4,9-10H2,1H3,(H,23,26)(H,27,28). The number of fused-ring (bicyclic) bond motifs is 2. The lowest BCUT2D eigenvalue weighted by Gasteiger charge is -2.29. The molecule has 0 radical (unpaired) electrons. The fourth-order valence-electron chi connectivity index (χ4n) is 4.35. The molecule has 2 N–H and O–H groups in total. The molecule has 1 fully saturated rings. The van der Waals surface area contributed by atoms with Crippen LogP contribution in [0.25, 0.3) is 44.7 Å². The highest BCUT2D eigenvalue weighted by Crippen LogP contribution is 2.33. The Kier molecular flexibility index (Phi) is 3.83. The Morgan fingerprint density at radius 3 is 2.80 bits per heavy atom. The molecule has 0 aromatic carbocycles. The molecule has 0 unspecified atom stereocenters. The fourth-order valence-corrected chi connectivity index (χ4v) is 4.35. The number of rotatable bonds is 3. The summed E-state index contributed by atoms with van der Waals surface area (Å²) in [5.74, 6) is 0. The molecule has 5 aromatic heterocycles. The van der Waals surface area contributed by atoms with Gasteiger partial charge in [0.2, 0.25) is 0 Å². The van der Waals surface area contributed by atoms with E-state index in [2.05, 4.69) is 42.3 Å². The van der Waals surface area contributed by atoms with Crippen molar-refractivity contribution in [1.29, 1.82) is 0 Å². The zero-order valence-corrected chi connectivity index (χ0v) is 16.8. The molecule has 0 atom stereocenters. The average molecular weight is 398 g/mol. The molecular weight excluding hydrogens is 376 g/mol. The average Bonchev–Trinajstić information content (AvgIpc) is 3.50. The zero-order chi connectivity index (χ0) is 20.1. The number of hydrogen-bond donors (Lipinski definition) is 2. The molecule has 30 heavy (non-hydrogen) atoms. The van der Waals surface area contributed by atoms with Gasteiger partial charge in [-0.15, -0.1) is 0 Å². The van der Waals surface area contributed by atoms with Crippen molar-refractivity contribution in [3.05, 3.63) is 42.9 Å². The molecule has 6 rings (SSSR count). The third-order valence-corrected chi connectivity index (χ3v) is 5.87. The van der Waals surface area contributed by atoms with Crippen LogP contribution in [0.15, 0.2) is 42.9 Å². The summed E-state index contributed by atoms with van der Waals surface area (Å²) in [4.78, 5) is 15.4. The second kappa shape index (κ2) is 6.69. The SMILES string of the molecule is Cn1cc(-c2ccc3[nH]nc(-c4cc5c(N6CCCCC6)ccnc5[nH]4)c3n2)cn1. The molecule has 8 heteroatoms. The normalized spacial score (nSPS) is 14.8. The van der Waals surface area contributed by atoms with E-state index in [1.54, 1.807) is 4.68 Å². The van der Waals surface area contributed by atoms with E-state index >= 15 is 0 Å². The van der Waals surface area contributed by atoms with Gasteiger partial charge in [0.15, 0.2) is 0 Å². The fraction of sp³-hybridized carbons (Fsp3) is 0.273. The van der Waals surface area contributed by atoms with E-state index < -0.39 is 0 Å². The first-order valence-corrected chi connectivity index (χ1v) is 10.3. The van der Waals surface area contributed by atoms with Gasteiger partial charge in [-0.1, -0.05) is 0 Å². The minimum atomic E-state index is 0.804. The smallest absolute Gasteiger partial charge is 0.139 e. The van der Waals surface area contributed by atoms with Crippen molar-refractivity contribution in [2.24, 2.45) is 7.05 Å². The van der Waals surface area contributed by atoms with Gasteiger partial charge in [0, 0.05) is 49.2 Å². The number of nitrogens with one attached hydrogen (secondary N) is 2. The molecule has 8 nitrogen and oxygen atoms in total. The van der Waals surface area contributed by atoms with Crippen molar-refractivity contribution in [1.82, 2.24) is 34.9 Å². The molecule has 0 aliphatic carbocycles. The molecule has 6 heterocycles. The molecule has 1 saturated heterocycles. The van der Waals surface area contributed by atoms with Crippen LogP contribution in [0.1, 0.15) is 19.3 Å². The highest BCUT2D eigenvalue weighted by Gasteiger charge is 2.18. The van der Waals surface area contributed by atoms with Gasteiger partial charge < -0.3 is 9.88 Å². The van der Waals surface area contributed by atoms with Gasteiger partial charge in [-0.25, -0.2) is 9.97 Å². The molecule has 0 amide bonds. The number of piperidine rings is 1. The van der Waals surface area contributed by atoms with Crippen LogP contribution in [0, 0.1) is 0 Å². The summed E-state index contributed by atoms with van der Waals surface area (Å²) in [5, 5.41) is 13.1. The highest BCUT2D eigenvalue weighted by molar-refractivity contribution is 5.97. The summed E-state index contributed by atoms with van der Waals surface area (Å²) in [7, 11) is 1.91. The van der Waals surface area contributed by atoms with Crippen LogP contribution < -0.4 is 4.90 Å². The van der Waals surface area contributed by atoms with E-state index in [1.165, 1.54) is 24.9 Å². The Labute approximate surface area is 173 Å². The van der Waals surface area contributed by atoms with Gasteiger partial charge in [-0.3, -0.25) is 9.78 Å². The van der Waals surface area contributed by atoms with Gasteiger partial charge in [0.05, 0.1) is 23.1 Å². The Morgan fingerprint density at radius 1 is 1.07 bits per heavy atom. The minimum Gasteiger partial charge on any atom is -0.371 e. The Morgan fingerprint density at radius 2 is 1.97 bits per heavy atom. The third-order valence-electron chi connectivity index (χ3n) is 5.87. The number of hydrogen-bond acceptors (Lipinski definition) is 5. The van der Waals surface area contributed by atoms with E-state index in [0.29, 0.717) is 0 Å². The number of pyridine rings is 2. The van der Waals surface area contributed by atoms with E-state index in [9.17, 15) is 0 Å². The van der Waals surface area contributed by atoms with E-state index in [4.69, 9.17) is 4.98 Å². The molecule has 0 bridgehead atoms. The van der Waals surface area contributed by atoms with Gasteiger partial charge in [0.25, 0.3) is 0 Å². The molecular formula is C22H22N8. The Balaban J connectivity index is 1.47. The summed E-state index contributed by atoms with van der Waals surface area (Å²) in [6.07, 6.45) is 9.47. The summed E-state index contributed by atoms with van der Waals surface area (Å²) < 4.78 is 1.78. The second-order valence-corrected chi connectivity index (χ2v) is 7.89. The van der Waals surface area contributed by atoms with Crippen LogP contribution in [-0.2, 0) is 7.05 Å². The monoisotopic (exact) mass is 398 g/mol. The number of nitrogens with zero attached hydrogens (tertiary/aromatic N) is 6. The summed E-state index contributed by atoms with van der Waals surface area (Å²) in [5.41, 5.74) is 7.45. The molecule has 150 valence electrons. The lowest BCUT2D eigenvalue weighted by atomic mass is 10.1. The van der Waals surface area contributed by atoms with Crippen molar-refractivity contribution in [3.8, 4) is 22.6 Å². The van der Waals surface area contributed by atoms with Crippen LogP contribution >= 0.6 is 0 Å². The number of H-pyrrole nitrogens is 2. The number of aryl methyl sites for hydroxylation is 1. The molecule has 5 aromatic rings. The molecule has 0 saturated carbocycles. The predicted molar refractivity (Wildman–Crippen MR) is 117 cm³/mol. The van der Waals surface area contributed by atoms with Gasteiger partial charge in [-0.05, 0) is 43.5 Å². The van der Waals surface area contributed by atoms with Crippen LogP contribution in [0.5, 0.6) is 0 Å². The maximum Gasteiger partial charge on any atom is 0.139 e. The van der Waals surface area contributed by atoms with Crippen molar-refractivity contribution in [3.63, 3.8) is 0 Å². The number of anilines is 1. The topological polar surface area (TPSA) is 91.3 Å². The minimum absolute atomic E-state index is 0.804. The summed E-state index contributed by atoms with van der Waals surface area (Å²) in [6.45, 7) is 2.20. The largest absolute Gasteiger partial charge is 0.371 e. The van der Waals surface area contributed by atoms with E-state index in [1.807, 2.05) is 37.8 Å². The maximum atomic E-state index is 4.88. The van der Waals surface area contributed by atoms with Crippen molar-refractivity contribution < 1.29 is 0 Å². The van der Waals surface area contributed by atoms with E-state index in [-0.39, 0.29) is 0 Å². The molecule has 0 spiro atoms. The van der Waals surface area contributed by atoms with Crippen molar-refractivity contribution >= 4 is 27.8 Å². The maximum absolute atomic E-state index is 4.88. The van der Waals surface area contributed by atoms with E-state index in [0.717, 1.165) is 57.8 Å². The zero-order valence-electron chi connectivity index (χ0n) is 16.8. The first-order chi connectivity index (χ1) is 14.8. The first-order valence-electron chi connectivity index (χ1n) is 10.3. The summed E-state index contributed by atoms with van der Waals surface area (Å²) >= 11 is 0. The lowest BCUT2D eigenvalue weighted by Crippen LogP contribution is -2.29. The Hall–Kier alpha value is -3.68. The van der Waals surface area contributed by atoms with Crippen LogP contribution in [0.2, 0.25) is 0 Å². The van der Waals surface area contributed by atoms with Crippen LogP contribution in [-0.4, -0.2) is 48.0 Å². The van der Waals surface area contributed by atoms with Gasteiger partial charge >= 0.3 is 0 Å². The summed E-state index contributed by atoms with van der Waals surface area (Å²) in [6, 6.07) is 8.27. The lowest BCUT2D eigenvalue weighted by molar-refractivity contribution is 0.579. The predicted octanol–water partition coefficient (Wildman–Crippen LogP) is 3.89. The molecule has 1 aliphatic heterocycles. The van der Waals surface area contributed by atoms with Crippen LogP contribution in [0.4, 0.5) is 5.69 Å². The Bertz CT molecular complexity index is 1350. The van der Waals surface area contributed by atoms with Crippen molar-refractivity contribution in [2.45, 2.75) is 19.3 Å². The second-order valence-electron chi connectivity index (χ2n) is 7.89. The third kappa shape index (κ3) is 2.75. The quantitative estimate of drug-likeness (QED) is 0.481. The van der Waals surface area contributed by atoms with Gasteiger partial charge in [0.1, 0.15) is 16.9 Å². The first kappa shape index (κ1) is 17.2.